The predicted octanol–water partition coefficient (Wildman–Crippen LogP) is 5.90. The summed E-state index contributed by atoms with van der Waals surface area (Å²) in [4.78, 5) is 11.2. The van der Waals surface area contributed by atoms with Gasteiger partial charge >= 0.3 is 5.97 Å². The normalized spacial score (nSPS) is 14.7. The predicted molar refractivity (Wildman–Crippen MR) is 132 cm³/mol. The zero-order valence-corrected chi connectivity index (χ0v) is 19.4. The Morgan fingerprint density at radius 1 is 1.06 bits per heavy atom. The molecule has 5 nitrogen and oxygen atoms in total. The highest BCUT2D eigenvalue weighted by atomic mass is 16.5. The molecule has 1 unspecified atom stereocenters. The van der Waals surface area contributed by atoms with Gasteiger partial charge in [0.1, 0.15) is 6.61 Å². The average Bonchev–Trinajstić information content (AvgIpc) is 2.87. The minimum atomic E-state index is -0.927. The number of methoxy groups -OCH3 is 1. The smallest absolute Gasteiger partial charge is 0.335 e. The van der Waals surface area contributed by atoms with Gasteiger partial charge < -0.3 is 19.9 Å². The molecule has 2 N–H and O–H groups in total. The Morgan fingerprint density at radius 3 is 2.58 bits per heavy atom. The minimum Gasteiger partial charge on any atom is -0.493 e. The van der Waals surface area contributed by atoms with Gasteiger partial charge in [-0.1, -0.05) is 68.5 Å². The lowest BCUT2D eigenvalue weighted by Crippen LogP contribution is -2.28. The van der Waals surface area contributed by atoms with Crippen molar-refractivity contribution in [2.75, 3.05) is 13.7 Å². The highest BCUT2D eigenvalue weighted by Crippen LogP contribution is 2.36. The van der Waals surface area contributed by atoms with Gasteiger partial charge in [0.15, 0.2) is 11.5 Å². The second kappa shape index (κ2) is 11.9. The molecule has 0 fully saturated rings. The highest BCUT2D eigenvalue weighted by molar-refractivity contribution is 5.88. The fourth-order valence-corrected chi connectivity index (χ4v) is 3.76. The number of carboxylic acids is 1. The van der Waals surface area contributed by atoms with E-state index in [0.29, 0.717) is 12.4 Å². The molecule has 33 heavy (non-hydrogen) atoms. The zero-order valence-electron chi connectivity index (χ0n) is 19.4. The van der Waals surface area contributed by atoms with E-state index in [9.17, 15) is 9.90 Å². The maximum absolute atomic E-state index is 11.2. The maximum Gasteiger partial charge on any atom is 0.335 e. The Bertz CT molecular complexity index is 1090. The van der Waals surface area contributed by atoms with Crippen LogP contribution in [0.5, 0.6) is 11.5 Å². The summed E-state index contributed by atoms with van der Waals surface area (Å²) in [5.41, 5.74) is 4.59. The minimum absolute atomic E-state index is 0.00862. The van der Waals surface area contributed by atoms with E-state index in [2.05, 4.69) is 17.5 Å². The van der Waals surface area contributed by atoms with Crippen LogP contribution < -0.4 is 14.8 Å². The molecule has 0 saturated carbocycles. The van der Waals surface area contributed by atoms with E-state index in [-0.39, 0.29) is 11.6 Å². The van der Waals surface area contributed by atoms with Crippen molar-refractivity contribution in [3.8, 4) is 11.5 Å². The van der Waals surface area contributed by atoms with Gasteiger partial charge in [0.2, 0.25) is 0 Å². The molecule has 1 aliphatic heterocycles. The van der Waals surface area contributed by atoms with Crippen molar-refractivity contribution in [2.45, 2.75) is 32.9 Å². The standard InChI is InChI=1S/C26H25NO4.C2H6/c1-30-24-16-22-20(15-25(24)31-17-19-6-3-2-4-7-19)12-13-27-23(22)11-10-18-8-5-9-21(14-18)26(28)29;1-2/h2-11,14-16,23,27H,12-13,17H2,1H3,(H,28,29);1-2H3/b11-10+;. The lowest BCUT2D eigenvalue weighted by molar-refractivity contribution is 0.0697. The number of rotatable bonds is 7. The summed E-state index contributed by atoms with van der Waals surface area (Å²) in [5, 5.41) is 12.7. The summed E-state index contributed by atoms with van der Waals surface area (Å²) >= 11 is 0. The molecule has 0 bridgehead atoms. The molecule has 0 saturated heterocycles. The van der Waals surface area contributed by atoms with Crippen molar-refractivity contribution in [2.24, 2.45) is 0 Å². The van der Waals surface area contributed by atoms with Gasteiger partial charge in [0.25, 0.3) is 0 Å². The van der Waals surface area contributed by atoms with Crippen LogP contribution in [-0.4, -0.2) is 24.7 Å². The number of hydrogen-bond acceptors (Lipinski definition) is 4. The second-order valence-electron chi connectivity index (χ2n) is 7.45. The van der Waals surface area contributed by atoms with Crippen LogP contribution in [0.3, 0.4) is 0 Å². The van der Waals surface area contributed by atoms with Crippen molar-refractivity contribution < 1.29 is 19.4 Å². The van der Waals surface area contributed by atoms with Crippen LogP contribution in [0.4, 0.5) is 0 Å². The van der Waals surface area contributed by atoms with E-state index < -0.39 is 5.97 Å². The molecule has 0 spiro atoms. The third kappa shape index (κ3) is 6.24. The Kier molecular flexibility index (Phi) is 8.67. The monoisotopic (exact) mass is 445 g/mol. The fourth-order valence-electron chi connectivity index (χ4n) is 3.76. The summed E-state index contributed by atoms with van der Waals surface area (Å²) < 4.78 is 11.7. The average molecular weight is 446 g/mol. The van der Waals surface area contributed by atoms with Crippen LogP contribution in [0, 0.1) is 0 Å². The summed E-state index contributed by atoms with van der Waals surface area (Å²) in [6.07, 6.45) is 4.91. The molecule has 172 valence electrons. The first-order chi connectivity index (χ1) is 16.1. The van der Waals surface area contributed by atoms with Gasteiger partial charge in [-0.25, -0.2) is 4.79 Å². The molecule has 0 radical (unpaired) electrons. The lowest BCUT2D eigenvalue weighted by Gasteiger charge is -2.26. The lowest BCUT2D eigenvalue weighted by atomic mass is 9.93. The quantitative estimate of drug-likeness (QED) is 0.474. The number of hydrogen-bond donors (Lipinski definition) is 2. The van der Waals surface area contributed by atoms with Gasteiger partial charge in [-0.2, -0.15) is 0 Å². The van der Waals surface area contributed by atoms with E-state index in [1.807, 2.05) is 62.4 Å². The Morgan fingerprint density at radius 2 is 1.85 bits per heavy atom. The van der Waals surface area contributed by atoms with E-state index in [0.717, 1.165) is 35.4 Å². The molecule has 3 aromatic carbocycles. The first-order valence-corrected chi connectivity index (χ1v) is 11.3. The van der Waals surface area contributed by atoms with Crippen molar-refractivity contribution in [1.29, 1.82) is 0 Å². The third-order valence-corrected chi connectivity index (χ3v) is 5.37. The largest absolute Gasteiger partial charge is 0.493 e. The number of ether oxygens (including phenoxy) is 2. The van der Waals surface area contributed by atoms with Crippen LogP contribution >= 0.6 is 0 Å². The van der Waals surface area contributed by atoms with Crippen LogP contribution in [0.2, 0.25) is 0 Å². The number of fused-ring (bicyclic) bond motifs is 1. The number of carboxylic acid groups (broad SMARTS) is 1. The molecule has 0 amide bonds. The first kappa shape index (κ1) is 24.1. The molecule has 1 heterocycles. The topological polar surface area (TPSA) is 67.8 Å². The summed E-state index contributed by atoms with van der Waals surface area (Å²) in [6.45, 7) is 5.33. The SMILES string of the molecule is CC.COc1cc2c(cc1OCc1ccccc1)CCNC2/C=C/c1cccc(C(=O)O)c1. The number of nitrogens with one attached hydrogen (secondary N) is 1. The Labute approximate surface area is 195 Å². The first-order valence-electron chi connectivity index (χ1n) is 11.3. The number of aromatic carboxylic acids is 1. The van der Waals surface area contributed by atoms with Gasteiger partial charge in [-0.3, -0.25) is 0 Å². The van der Waals surface area contributed by atoms with Gasteiger partial charge in [0, 0.05) is 6.54 Å². The van der Waals surface area contributed by atoms with E-state index in [1.54, 1.807) is 25.3 Å². The van der Waals surface area contributed by atoms with Crippen molar-refractivity contribution in [3.63, 3.8) is 0 Å². The van der Waals surface area contributed by atoms with Crippen molar-refractivity contribution >= 4 is 12.0 Å². The van der Waals surface area contributed by atoms with Crippen molar-refractivity contribution in [3.05, 3.63) is 101 Å². The zero-order chi connectivity index (χ0) is 23.6. The highest BCUT2D eigenvalue weighted by Gasteiger charge is 2.21. The molecule has 1 atom stereocenters. The molecular formula is C28H31NO4. The molecule has 0 aromatic heterocycles. The fraction of sp³-hybridized carbons (Fsp3) is 0.250. The molecule has 3 aromatic rings. The number of carbonyl (C=O) groups is 1. The van der Waals surface area contributed by atoms with E-state index in [4.69, 9.17) is 9.47 Å². The summed E-state index contributed by atoms with van der Waals surface area (Å²) in [7, 11) is 1.65. The molecular weight excluding hydrogens is 414 g/mol. The van der Waals surface area contributed by atoms with Gasteiger partial charge in [-0.05, 0) is 52.9 Å². The molecule has 4 rings (SSSR count). The summed E-state index contributed by atoms with van der Waals surface area (Å²) in [5.74, 6) is 0.512. The van der Waals surface area contributed by atoms with E-state index in [1.165, 1.54) is 5.56 Å². The Hall–Kier alpha value is -3.57. The van der Waals surface area contributed by atoms with Crippen LogP contribution in [0.1, 0.15) is 52.5 Å². The molecule has 5 heteroatoms. The van der Waals surface area contributed by atoms with Gasteiger partial charge in [0.05, 0.1) is 18.7 Å². The third-order valence-electron chi connectivity index (χ3n) is 5.37. The summed E-state index contributed by atoms with van der Waals surface area (Å²) in [6, 6.07) is 21.1. The second-order valence-corrected chi connectivity index (χ2v) is 7.45. The Balaban J connectivity index is 0.00000149. The van der Waals surface area contributed by atoms with Crippen molar-refractivity contribution in [1.82, 2.24) is 5.32 Å². The maximum atomic E-state index is 11.2. The van der Waals surface area contributed by atoms with Crippen LogP contribution in [0.15, 0.2) is 72.8 Å². The molecule has 1 aliphatic rings. The van der Waals surface area contributed by atoms with Crippen LogP contribution in [0.25, 0.3) is 6.08 Å². The molecule has 0 aliphatic carbocycles. The van der Waals surface area contributed by atoms with Crippen LogP contribution in [-0.2, 0) is 13.0 Å². The van der Waals surface area contributed by atoms with E-state index >= 15 is 0 Å². The van der Waals surface area contributed by atoms with Gasteiger partial charge in [-0.15, -0.1) is 0 Å². The number of benzene rings is 3.